The van der Waals surface area contributed by atoms with Crippen molar-refractivity contribution in [2.24, 2.45) is 0 Å². The Balaban J connectivity index is 2.07. The van der Waals surface area contributed by atoms with Crippen LogP contribution in [0.4, 0.5) is 0 Å². The molecule has 21 heavy (non-hydrogen) atoms. The molecule has 0 aromatic heterocycles. The lowest BCUT2D eigenvalue weighted by Crippen LogP contribution is -1.97. The van der Waals surface area contributed by atoms with Crippen LogP contribution in [0, 0.1) is 0 Å². The summed E-state index contributed by atoms with van der Waals surface area (Å²) in [5.74, 6) is 1.01. The molecular weight excluding hydrogens is 324 g/mol. The van der Waals surface area contributed by atoms with Gasteiger partial charge < -0.3 is 4.74 Å². The maximum atomic E-state index is 5.72. The first-order chi connectivity index (χ1) is 10.4. The number of alkyl halides is 1. The van der Waals surface area contributed by atoms with E-state index in [1.807, 2.05) is 0 Å². The SMILES string of the molecule is CCCCCCCCCc1ccc(OCCCCBr)cc1. The maximum absolute atomic E-state index is 5.72. The summed E-state index contributed by atoms with van der Waals surface area (Å²) in [6.45, 7) is 3.10. The molecule has 0 atom stereocenters. The van der Waals surface area contributed by atoms with E-state index in [9.17, 15) is 0 Å². The number of unbranched alkanes of at least 4 members (excludes halogenated alkanes) is 7. The van der Waals surface area contributed by atoms with Crippen LogP contribution < -0.4 is 4.74 Å². The average Bonchev–Trinajstić information content (AvgIpc) is 2.52. The lowest BCUT2D eigenvalue weighted by Gasteiger charge is -2.07. The normalized spacial score (nSPS) is 10.8. The Morgan fingerprint density at radius 1 is 0.810 bits per heavy atom. The largest absolute Gasteiger partial charge is 0.494 e. The van der Waals surface area contributed by atoms with Gasteiger partial charge in [-0.15, -0.1) is 0 Å². The third-order valence-corrected chi connectivity index (χ3v) is 4.35. The van der Waals surface area contributed by atoms with Crippen LogP contribution in [0.5, 0.6) is 5.75 Å². The molecule has 1 rings (SSSR count). The van der Waals surface area contributed by atoms with Gasteiger partial charge in [0.1, 0.15) is 5.75 Å². The second kappa shape index (κ2) is 13.2. The Morgan fingerprint density at radius 2 is 1.48 bits per heavy atom. The summed E-state index contributed by atoms with van der Waals surface area (Å²) in [7, 11) is 0. The van der Waals surface area contributed by atoms with Gasteiger partial charge in [-0.1, -0.05) is 73.5 Å². The Morgan fingerprint density at radius 3 is 2.14 bits per heavy atom. The fraction of sp³-hybridized carbons (Fsp3) is 0.684. The molecule has 0 amide bonds. The molecule has 2 heteroatoms. The lowest BCUT2D eigenvalue weighted by molar-refractivity contribution is 0.310. The van der Waals surface area contributed by atoms with E-state index >= 15 is 0 Å². The average molecular weight is 355 g/mol. The van der Waals surface area contributed by atoms with Crippen molar-refractivity contribution in [3.05, 3.63) is 29.8 Å². The van der Waals surface area contributed by atoms with E-state index in [4.69, 9.17) is 4.74 Å². The monoisotopic (exact) mass is 354 g/mol. The van der Waals surface area contributed by atoms with Crippen molar-refractivity contribution in [1.82, 2.24) is 0 Å². The standard InChI is InChI=1S/C19H31BrO/c1-2-3-4-5-6-7-8-11-18-12-14-19(15-13-18)21-17-10-9-16-20/h12-15H,2-11,16-17H2,1H3. The molecule has 0 saturated carbocycles. The van der Waals surface area contributed by atoms with Gasteiger partial charge in [0.15, 0.2) is 0 Å². The first kappa shape index (κ1) is 18.5. The zero-order valence-electron chi connectivity index (χ0n) is 13.6. The van der Waals surface area contributed by atoms with Gasteiger partial charge >= 0.3 is 0 Å². The third-order valence-electron chi connectivity index (χ3n) is 3.79. The van der Waals surface area contributed by atoms with Gasteiger partial charge in [-0.05, 0) is 43.4 Å². The van der Waals surface area contributed by atoms with E-state index in [1.54, 1.807) is 0 Å². The molecule has 0 fully saturated rings. The molecule has 0 spiro atoms. The van der Waals surface area contributed by atoms with Crippen molar-refractivity contribution in [3.63, 3.8) is 0 Å². The van der Waals surface area contributed by atoms with Crippen LogP contribution in [0.25, 0.3) is 0 Å². The third kappa shape index (κ3) is 9.95. The molecule has 0 saturated heterocycles. The molecular formula is C19H31BrO. The van der Waals surface area contributed by atoms with Crippen molar-refractivity contribution in [3.8, 4) is 5.75 Å². The summed E-state index contributed by atoms with van der Waals surface area (Å²) in [5.41, 5.74) is 1.44. The number of halogens is 1. The molecule has 0 bridgehead atoms. The fourth-order valence-electron chi connectivity index (χ4n) is 2.43. The molecule has 0 unspecified atom stereocenters. The van der Waals surface area contributed by atoms with Gasteiger partial charge in [0.2, 0.25) is 0 Å². The van der Waals surface area contributed by atoms with Gasteiger partial charge in [-0.25, -0.2) is 0 Å². The highest BCUT2D eigenvalue weighted by atomic mass is 79.9. The highest BCUT2D eigenvalue weighted by Gasteiger charge is 1.97. The van der Waals surface area contributed by atoms with E-state index in [0.29, 0.717) is 0 Å². The Hall–Kier alpha value is -0.500. The minimum Gasteiger partial charge on any atom is -0.494 e. The summed E-state index contributed by atoms with van der Waals surface area (Å²) in [6, 6.07) is 8.67. The van der Waals surface area contributed by atoms with Crippen LogP contribution in [0.1, 0.15) is 70.3 Å². The number of hydrogen-bond acceptors (Lipinski definition) is 1. The van der Waals surface area contributed by atoms with Crippen molar-refractivity contribution in [1.29, 1.82) is 0 Å². The number of benzene rings is 1. The predicted octanol–water partition coefficient (Wildman–Crippen LogP) is 6.53. The van der Waals surface area contributed by atoms with Crippen molar-refractivity contribution < 1.29 is 4.74 Å². The van der Waals surface area contributed by atoms with Crippen molar-refractivity contribution >= 4 is 15.9 Å². The predicted molar refractivity (Wildman–Crippen MR) is 96.7 cm³/mol. The topological polar surface area (TPSA) is 9.23 Å². The summed E-state index contributed by atoms with van der Waals surface area (Å²) in [6.07, 6.45) is 13.1. The Kier molecular flexibility index (Phi) is 11.6. The van der Waals surface area contributed by atoms with Crippen LogP contribution in [0.2, 0.25) is 0 Å². The van der Waals surface area contributed by atoms with Crippen LogP contribution in [-0.2, 0) is 6.42 Å². The van der Waals surface area contributed by atoms with E-state index in [2.05, 4.69) is 47.1 Å². The summed E-state index contributed by atoms with van der Waals surface area (Å²) < 4.78 is 5.72. The van der Waals surface area contributed by atoms with Crippen LogP contribution in [0.15, 0.2) is 24.3 Å². The van der Waals surface area contributed by atoms with Crippen LogP contribution in [0.3, 0.4) is 0 Å². The van der Waals surface area contributed by atoms with E-state index in [-0.39, 0.29) is 0 Å². The minimum atomic E-state index is 0.822. The summed E-state index contributed by atoms with van der Waals surface area (Å²) in [4.78, 5) is 0. The second-order valence-electron chi connectivity index (χ2n) is 5.76. The molecule has 0 aliphatic heterocycles. The molecule has 1 nitrogen and oxygen atoms in total. The summed E-state index contributed by atoms with van der Waals surface area (Å²) >= 11 is 3.44. The Bertz CT molecular complexity index is 334. The first-order valence-electron chi connectivity index (χ1n) is 8.64. The molecule has 0 aliphatic rings. The molecule has 1 aromatic rings. The molecule has 120 valence electrons. The minimum absolute atomic E-state index is 0.822. The number of rotatable bonds is 13. The van der Waals surface area contributed by atoms with E-state index in [0.717, 1.165) is 24.1 Å². The number of aryl methyl sites for hydroxylation is 1. The molecule has 0 N–H and O–H groups in total. The zero-order chi connectivity index (χ0) is 15.2. The lowest BCUT2D eigenvalue weighted by atomic mass is 10.0. The van der Waals surface area contributed by atoms with Crippen molar-refractivity contribution in [2.75, 3.05) is 11.9 Å². The van der Waals surface area contributed by atoms with E-state index in [1.165, 1.54) is 63.4 Å². The maximum Gasteiger partial charge on any atom is 0.119 e. The van der Waals surface area contributed by atoms with Gasteiger partial charge in [0, 0.05) is 5.33 Å². The van der Waals surface area contributed by atoms with Crippen LogP contribution >= 0.6 is 15.9 Å². The summed E-state index contributed by atoms with van der Waals surface area (Å²) in [5, 5.41) is 1.06. The quantitative estimate of drug-likeness (QED) is 0.289. The smallest absolute Gasteiger partial charge is 0.119 e. The Labute approximate surface area is 139 Å². The van der Waals surface area contributed by atoms with Gasteiger partial charge in [0.25, 0.3) is 0 Å². The van der Waals surface area contributed by atoms with Crippen molar-refractivity contribution in [2.45, 2.75) is 71.1 Å². The second-order valence-corrected chi connectivity index (χ2v) is 6.55. The van der Waals surface area contributed by atoms with Gasteiger partial charge in [-0.2, -0.15) is 0 Å². The molecule has 1 aromatic carbocycles. The molecule has 0 radical (unpaired) electrons. The van der Waals surface area contributed by atoms with Gasteiger partial charge in [-0.3, -0.25) is 0 Å². The van der Waals surface area contributed by atoms with E-state index < -0.39 is 0 Å². The van der Waals surface area contributed by atoms with Gasteiger partial charge in [0.05, 0.1) is 6.61 Å². The van der Waals surface area contributed by atoms with Crippen LogP contribution in [-0.4, -0.2) is 11.9 Å². The zero-order valence-corrected chi connectivity index (χ0v) is 15.2. The molecule has 0 heterocycles. The number of hydrogen-bond donors (Lipinski definition) is 0. The number of ether oxygens (including phenoxy) is 1. The highest BCUT2D eigenvalue weighted by molar-refractivity contribution is 9.09. The highest BCUT2D eigenvalue weighted by Crippen LogP contribution is 2.15. The first-order valence-corrected chi connectivity index (χ1v) is 9.76. The molecule has 0 aliphatic carbocycles. The fourth-order valence-corrected chi connectivity index (χ4v) is 2.82.